The molecule has 0 unspecified atom stereocenters. The second kappa shape index (κ2) is 6.87. The van der Waals surface area contributed by atoms with E-state index in [2.05, 4.69) is 15.9 Å². The summed E-state index contributed by atoms with van der Waals surface area (Å²) < 4.78 is 19.2. The van der Waals surface area contributed by atoms with Gasteiger partial charge in [-0.3, -0.25) is 10.1 Å². The zero-order chi connectivity index (χ0) is 15.4. The molecule has 0 atom stereocenters. The first-order valence-electron chi connectivity index (χ1n) is 5.92. The smallest absolute Gasteiger partial charge is 0.277 e. The number of hydrogen-bond acceptors (Lipinski definition) is 3. The van der Waals surface area contributed by atoms with E-state index in [1.54, 1.807) is 12.1 Å². The molecule has 2 rings (SSSR count). The zero-order valence-electron chi connectivity index (χ0n) is 10.7. The molecule has 2 aromatic carbocycles. The van der Waals surface area contributed by atoms with Crippen molar-refractivity contribution in [1.29, 1.82) is 0 Å². The largest absolute Gasteiger partial charge is 0.485 e. The topological polar surface area (TPSA) is 52.4 Å². The molecule has 2 aromatic rings. The summed E-state index contributed by atoms with van der Waals surface area (Å²) >= 11 is 9.21. The van der Waals surface area contributed by atoms with Gasteiger partial charge in [0.25, 0.3) is 5.69 Å². The van der Waals surface area contributed by atoms with Crippen molar-refractivity contribution in [3.05, 3.63) is 68.5 Å². The summed E-state index contributed by atoms with van der Waals surface area (Å²) in [7, 11) is 0. The SMILES string of the molecule is O=[N+]([O-])c1cccc(Cl)c1COc1c(F)cccc1CBr. The van der Waals surface area contributed by atoms with E-state index in [1.165, 1.54) is 24.3 Å². The molecule has 0 radical (unpaired) electrons. The second-order valence-electron chi connectivity index (χ2n) is 4.15. The van der Waals surface area contributed by atoms with Crippen molar-refractivity contribution in [3.63, 3.8) is 0 Å². The Labute approximate surface area is 133 Å². The molecule has 0 saturated carbocycles. The standard InChI is InChI=1S/C14H10BrClFNO3/c15-7-9-3-1-5-12(17)14(9)21-8-10-11(16)4-2-6-13(10)18(19)20/h1-6H,7-8H2. The van der Waals surface area contributed by atoms with Gasteiger partial charge in [-0.25, -0.2) is 4.39 Å². The van der Waals surface area contributed by atoms with Gasteiger partial charge in [-0.05, 0) is 12.1 Å². The van der Waals surface area contributed by atoms with Gasteiger partial charge in [-0.1, -0.05) is 45.7 Å². The Bertz CT molecular complexity index is 681. The maximum atomic E-state index is 13.8. The van der Waals surface area contributed by atoms with Crippen molar-refractivity contribution < 1.29 is 14.1 Å². The van der Waals surface area contributed by atoms with Gasteiger partial charge in [0.15, 0.2) is 11.6 Å². The monoisotopic (exact) mass is 373 g/mol. The highest BCUT2D eigenvalue weighted by atomic mass is 79.9. The van der Waals surface area contributed by atoms with E-state index >= 15 is 0 Å². The van der Waals surface area contributed by atoms with Gasteiger partial charge in [0.2, 0.25) is 0 Å². The molecule has 4 nitrogen and oxygen atoms in total. The van der Waals surface area contributed by atoms with Crippen LogP contribution in [0.4, 0.5) is 10.1 Å². The van der Waals surface area contributed by atoms with Gasteiger partial charge >= 0.3 is 0 Å². The number of hydrogen-bond donors (Lipinski definition) is 0. The number of para-hydroxylation sites is 1. The number of alkyl halides is 1. The van der Waals surface area contributed by atoms with Crippen molar-refractivity contribution in [2.45, 2.75) is 11.9 Å². The molecule has 0 aliphatic rings. The lowest BCUT2D eigenvalue weighted by molar-refractivity contribution is -0.385. The number of rotatable bonds is 5. The van der Waals surface area contributed by atoms with E-state index in [4.69, 9.17) is 16.3 Å². The van der Waals surface area contributed by atoms with Gasteiger partial charge in [-0.15, -0.1) is 0 Å². The molecule has 0 N–H and O–H groups in total. The van der Waals surface area contributed by atoms with Crippen molar-refractivity contribution >= 4 is 33.2 Å². The van der Waals surface area contributed by atoms with Crippen LogP contribution in [0.2, 0.25) is 5.02 Å². The van der Waals surface area contributed by atoms with E-state index in [9.17, 15) is 14.5 Å². The van der Waals surface area contributed by atoms with Crippen molar-refractivity contribution in [2.24, 2.45) is 0 Å². The maximum Gasteiger partial charge on any atom is 0.277 e. The molecule has 0 heterocycles. The number of nitro groups is 1. The average Bonchev–Trinajstić information content (AvgIpc) is 2.46. The number of benzene rings is 2. The van der Waals surface area contributed by atoms with E-state index in [0.717, 1.165) is 0 Å². The van der Waals surface area contributed by atoms with Crippen LogP contribution in [0.1, 0.15) is 11.1 Å². The first-order valence-corrected chi connectivity index (χ1v) is 7.42. The van der Waals surface area contributed by atoms with Crippen LogP contribution in [0, 0.1) is 15.9 Å². The van der Waals surface area contributed by atoms with Crippen LogP contribution in [0.3, 0.4) is 0 Å². The molecular formula is C14H10BrClFNO3. The van der Waals surface area contributed by atoms with Crippen LogP contribution in [0.25, 0.3) is 0 Å². The molecule has 21 heavy (non-hydrogen) atoms. The number of halogens is 3. The third-order valence-corrected chi connectivity index (χ3v) is 3.80. The summed E-state index contributed by atoms with van der Waals surface area (Å²) in [5, 5.41) is 11.6. The molecule has 0 saturated heterocycles. The molecule has 0 fully saturated rings. The van der Waals surface area contributed by atoms with E-state index in [0.29, 0.717) is 10.9 Å². The summed E-state index contributed by atoms with van der Waals surface area (Å²) in [6.07, 6.45) is 0. The Hall–Kier alpha value is -1.66. The highest BCUT2D eigenvalue weighted by molar-refractivity contribution is 9.08. The molecule has 0 aliphatic carbocycles. The van der Waals surface area contributed by atoms with Crippen LogP contribution in [-0.2, 0) is 11.9 Å². The summed E-state index contributed by atoms with van der Waals surface area (Å²) in [6, 6.07) is 8.88. The third-order valence-electron chi connectivity index (χ3n) is 2.84. The fourth-order valence-electron chi connectivity index (χ4n) is 1.83. The van der Waals surface area contributed by atoms with Gasteiger partial charge in [0, 0.05) is 17.0 Å². The highest BCUT2D eigenvalue weighted by Crippen LogP contribution is 2.30. The van der Waals surface area contributed by atoms with Crippen LogP contribution in [-0.4, -0.2) is 4.92 Å². The van der Waals surface area contributed by atoms with Crippen molar-refractivity contribution in [1.82, 2.24) is 0 Å². The number of nitro benzene ring substituents is 1. The van der Waals surface area contributed by atoms with Gasteiger partial charge < -0.3 is 4.74 Å². The summed E-state index contributed by atoms with van der Waals surface area (Å²) in [5.41, 5.74) is 0.678. The van der Waals surface area contributed by atoms with Crippen LogP contribution in [0.5, 0.6) is 5.75 Å². The van der Waals surface area contributed by atoms with Crippen molar-refractivity contribution in [3.8, 4) is 5.75 Å². The summed E-state index contributed by atoms with van der Waals surface area (Å²) in [5.74, 6) is -0.467. The Morgan fingerprint density at radius 2 is 2.00 bits per heavy atom. The minimum Gasteiger partial charge on any atom is -0.485 e. The zero-order valence-corrected chi connectivity index (χ0v) is 13.0. The Morgan fingerprint density at radius 3 is 2.67 bits per heavy atom. The summed E-state index contributed by atoms with van der Waals surface area (Å²) in [4.78, 5) is 10.4. The quantitative estimate of drug-likeness (QED) is 0.426. The van der Waals surface area contributed by atoms with Crippen LogP contribution >= 0.6 is 27.5 Å². The lowest BCUT2D eigenvalue weighted by Gasteiger charge is -2.12. The fourth-order valence-corrected chi connectivity index (χ4v) is 2.49. The first kappa shape index (κ1) is 15.7. The molecule has 0 spiro atoms. The molecule has 110 valence electrons. The predicted molar refractivity (Wildman–Crippen MR) is 81.5 cm³/mol. The molecule has 0 amide bonds. The lowest BCUT2D eigenvalue weighted by Crippen LogP contribution is -2.04. The van der Waals surface area contributed by atoms with E-state index in [1.807, 2.05) is 0 Å². The first-order chi connectivity index (χ1) is 10.0. The maximum absolute atomic E-state index is 13.8. The predicted octanol–water partition coefficient (Wildman–Crippen LogP) is 4.86. The van der Waals surface area contributed by atoms with E-state index in [-0.39, 0.29) is 28.6 Å². The molecular weight excluding hydrogens is 365 g/mol. The lowest BCUT2D eigenvalue weighted by atomic mass is 10.2. The molecule has 7 heteroatoms. The van der Waals surface area contributed by atoms with Crippen LogP contribution < -0.4 is 4.74 Å². The highest BCUT2D eigenvalue weighted by Gasteiger charge is 2.18. The Balaban J connectivity index is 2.31. The number of nitrogens with zero attached hydrogens (tertiary/aromatic N) is 1. The summed E-state index contributed by atoms with van der Waals surface area (Å²) in [6.45, 7) is -0.184. The third kappa shape index (κ3) is 3.51. The minimum atomic E-state index is -0.544. The van der Waals surface area contributed by atoms with Gasteiger partial charge in [0.1, 0.15) is 6.61 Å². The molecule has 0 aliphatic heterocycles. The normalized spacial score (nSPS) is 10.4. The van der Waals surface area contributed by atoms with Crippen molar-refractivity contribution in [2.75, 3.05) is 0 Å². The Kier molecular flexibility index (Phi) is 5.14. The van der Waals surface area contributed by atoms with E-state index < -0.39 is 10.7 Å². The van der Waals surface area contributed by atoms with Gasteiger partial charge in [-0.2, -0.15) is 0 Å². The minimum absolute atomic E-state index is 0.0589. The molecule has 0 bridgehead atoms. The van der Waals surface area contributed by atoms with Crippen LogP contribution in [0.15, 0.2) is 36.4 Å². The fraction of sp³-hybridized carbons (Fsp3) is 0.143. The number of ether oxygens (including phenoxy) is 1. The molecule has 0 aromatic heterocycles. The second-order valence-corrected chi connectivity index (χ2v) is 5.11. The van der Waals surface area contributed by atoms with Gasteiger partial charge in [0.05, 0.1) is 15.5 Å². The Morgan fingerprint density at radius 1 is 1.29 bits per heavy atom. The average molecular weight is 375 g/mol.